The summed E-state index contributed by atoms with van der Waals surface area (Å²) in [5, 5.41) is 14.9. The lowest BCUT2D eigenvalue weighted by atomic mass is 9.89. The number of pyridine rings is 1. The molecule has 152 valence electrons. The average Bonchev–Trinajstić information content (AvgIpc) is 3.12. The number of carboxylic acid groups (broad SMARTS) is 1. The number of nitrogens with zero attached hydrogens (tertiary/aromatic N) is 4. The van der Waals surface area contributed by atoms with Crippen LogP contribution in [0.5, 0.6) is 0 Å². The quantitative estimate of drug-likeness (QED) is 0.533. The van der Waals surface area contributed by atoms with Gasteiger partial charge in [-0.15, -0.1) is 5.10 Å². The van der Waals surface area contributed by atoms with Crippen LogP contribution in [0.2, 0.25) is 0 Å². The molecular weight excluding hydrogens is 382 g/mol. The second-order valence-corrected chi connectivity index (χ2v) is 7.79. The van der Waals surface area contributed by atoms with Gasteiger partial charge in [0.15, 0.2) is 5.65 Å². The Morgan fingerprint density at radius 2 is 2.03 bits per heavy atom. The van der Waals surface area contributed by atoms with Crippen LogP contribution in [0.25, 0.3) is 27.8 Å². The number of amides is 1. The Labute approximate surface area is 171 Å². The molecule has 4 aromatic rings. The van der Waals surface area contributed by atoms with Gasteiger partial charge in [-0.2, -0.15) is 0 Å². The largest absolute Gasteiger partial charge is 0.465 e. The second kappa shape index (κ2) is 6.98. The SMILES string of the molecule is CC1CC(c2cc(=O)[nH]c3c4c(-c5ccccc5)ccnc4nn23)CCN1C(=O)O. The standard InChI is InChI=1S/C22H21N5O3/c1-13-11-15(8-10-26(13)22(29)30)17-12-18(28)24-21-19-16(14-5-3-2-4-6-14)7-9-23-20(19)25-27(17)21/h2-7,9,12-13,15H,8,10-11H2,1H3,(H,24,28)(H,29,30). The predicted molar refractivity (Wildman–Crippen MR) is 113 cm³/mol. The molecule has 3 aromatic heterocycles. The van der Waals surface area contributed by atoms with E-state index in [4.69, 9.17) is 5.10 Å². The first kappa shape index (κ1) is 18.4. The van der Waals surface area contributed by atoms with Crippen LogP contribution in [0, 0.1) is 0 Å². The summed E-state index contributed by atoms with van der Waals surface area (Å²) in [6, 6.07) is 13.3. The molecule has 1 fully saturated rings. The van der Waals surface area contributed by atoms with Gasteiger partial charge in [0.05, 0.1) is 11.1 Å². The number of fused-ring (bicyclic) bond motifs is 3. The topological polar surface area (TPSA) is 104 Å². The summed E-state index contributed by atoms with van der Waals surface area (Å²) in [5.41, 5.74) is 3.76. The summed E-state index contributed by atoms with van der Waals surface area (Å²) >= 11 is 0. The molecule has 1 aromatic carbocycles. The van der Waals surface area contributed by atoms with Crippen molar-refractivity contribution in [2.75, 3.05) is 6.54 Å². The smallest absolute Gasteiger partial charge is 0.407 e. The molecule has 1 saturated heterocycles. The molecule has 0 spiro atoms. The zero-order chi connectivity index (χ0) is 20.8. The third-order valence-corrected chi connectivity index (χ3v) is 5.96. The van der Waals surface area contributed by atoms with E-state index in [9.17, 15) is 14.7 Å². The number of aromatic amines is 1. The molecule has 0 radical (unpaired) electrons. The van der Waals surface area contributed by atoms with Gasteiger partial charge in [0, 0.05) is 30.8 Å². The minimum atomic E-state index is -0.904. The van der Waals surface area contributed by atoms with Gasteiger partial charge in [-0.25, -0.2) is 14.3 Å². The summed E-state index contributed by atoms with van der Waals surface area (Å²) in [5.74, 6) is 0.0369. The Morgan fingerprint density at radius 1 is 1.23 bits per heavy atom. The molecule has 4 heterocycles. The first-order valence-corrected chi connectivity index (χ1v) is 9.98. The lowest BCUT2D eigenvalue weighted by molar-refractivity contribution is 0.106. The fraction of sp³-hybridized carbons (Fsp3) is 0.273. The van der Waals surface area contributed by atoms with Crippen molar-refractivity contribution < 1.29 is 9.90 Å². The molecule has 2 unspecified atom stereocenters. The van der Waals surface area contributed by atoms with E-state index in [1.165, 1.54) is 4.90 Å². The number of hydrogen-bond acceptors (Lipinski definition) is 4. The Hall–Kier alpha value is -3.68. The van der Waals surface area contributed by atoms with Crippen LogP contribution in [0.3, 0.4) is 0 Å². The van der Waals surface area contributed by atoms with E-state index >= 15 is 0 Å². The number of likely N-dealkylation sites (tertiary alicyclic amines) is 1. The second-order valence-electron chi connectivity index (χ2n) is 7.79. The molecule has 1 aliphatic rings. The number of carbonyl (C=O) groups is 1. The average molecular weight is 403 g/mol. The molecule has 8 nitrogen and oxygen atoms in total. The van der Waals surface area contributed by atoms with Crippen molar-refractivity contribution in [2.24, 2.45) is 0 Å². The fourth-order valence-electron chi connectivity index (χ4n) is 4.54. The molecule has 0 bridgehead atoms. The van der Waals surface area contributed by atoms with Crippen molar-refractivity contribution in [1.29, 1.82) is 0 Å². The Morgan fingerprint density at radius 3 is 2.77 bits per heavy atom. The fourth-order valence-corrected chi connectivity index (χ4v) is 4.54. The Balaban J connectivity index is 1.69. The molecule has 30 heavy (non-hydrogen) atoms. The van der Waals surface area contributed by atoms with Gasteiger partial charge in [0.25, 0.3) is 5.56 Å². The zero-order valence-corrected chi connectivity index (χ0v) is 16.4. The number of rotatable bonds is 2. The number of aromatic nitrogens is 4. The number of piperidine rings is 1. The summed E-state index contributed by atoms with van der Waals surface area (Å²) in [4.78, 5) is 32.8. The molecule has 1 amide bonds. The summed E-state index contributed by atoms with van der Waals surface area (Å²) < 4.78 is 1.78. The maximum absolute atomic E-state index is 12.6. The van der Waals surface area contributed by atoms with E-state index < -0.39 is 6.09 Å². The van der Waals surface area contributed by atoms with Crippen LogP contribution in [0.1, 0.15) is 31.4 Å². The van der Waals surface area contributed by atoms with E-state index in [0.29, 0.717) is 30.7 Å². The van der Waals surface area contributed by atoms with Crippen LogP contribution >= 0.6 is 0 Å². The lowest BCUT2D eigenvalue weighted by Crippen LogP contribution is -2.43. The van der Waals surface area contributed by atoms with Gasteiger partial charge in [0.2, 0.25) is 0 Å². The molecule has 0 saturated carbocycles. The summed E-state index contributed by atoms with van der Waals surface area (Å²) in [6.45, 7) is 2.34. The Kier molecular flexibility index (Phi) is 4.27. The monoisotopic (exact) mass is 403 g/mol. The Bertz CT molecular complexity index is 1310. The normalized spacial score (nSPS) is 19.4. The van der Waals surface area contributed by atoms with Crippen molar-refractivity contribution in [2.45, 2.75) is 31.7 Å². The first-order chi connectivity index (χ1) is 14.5. The van der Waals surface area contributed by atoms with E-state index in [2.05, 4.69) is 9.97 Å². The molecular formula is C22H21N5O3. The van der Waals surface area contributed by atoms with Crippen molar-refractivity contribution in [3.8, 4) is 11.1 Å². The lowest BCUT2D eigenvalue weighted by Gasteiger charge is -2.35. The van der Waals surface area contributed by atoms with Crippen LogP contribution in [-0.2, 0) is 0 Å². The third kappa shape index (κ3) is 2.92. The van der Waals surface area contributed by atoms with Crippen LogP contribution in [0.15, 0.2) is 53.5 Å². The minimum Gasteiger partial charge on any atom is -0.465 e. The number of nitrogens with one attached hydrogen (secondary N) is 1. The minimum absolute atomic E-state index is 0.0369. The van der Waals surface area contributed by atoms with E-state index in [-0.39, 0.29) is 17.5 Å². The highest BCUT2D eigenvalue weighted by Crippen LogP contribution is 2.34. The van der Waals surface area contributed by atoms with Gasteiger partial charge in [-0.3, -0.25) is 4.79 Å². The molecule has 8 heteroatoms. The van der Waals surface area contributed by atoms with Gasteiger partial charge in [-0.05, 0) is 37.0 Å². The highest BCUT2D eigenvalue weighted by Gasteiger charge is 2.31. The molecule has 1 aliphatic heterocycles. The maximum Gasteiger partial charge on any atom is 0.407 e. The van der Waals surface area contributed by atoms with Crippen LogP contribution < -0.4 is 5.56 Å². The first-order valence-electron chi connectivity index (χ1n) is 9.98. The number of benzene rings is 1. The predicted octanol–water partition coefficient (Wildman–Crippen LogP) is 3.48. The van der Waals surface area contributed by atoms with Crippen LogP contribution in [0.4, 0.5) is 4.79 Å². The molecule has 5 rings (SSSR count). The van der Waals surface area contributed by atoms with Gasteiger partial charge in [-0.1, -0.05) is 30.3 Å². The van der Waals surface area contributed by atoms with E-state index in [1.807, 2.05) is 43.3 Å². The molecule has 2 atom stereocenters. The highest BCUT2D eigenvalue weighted by atomic mass is 16.4. The maximum atomic E-state index is 12.6. The summed E-state index contributed by atoms with van der Waals surface area (Å²) in [7, 11) is 0. The van der Waals surface area contributed by atoms with Crippen LogP contribution in [-0.4, -0.2) is 48.3 Å². The van der Waals surface area contributed by atoms with E-state index in [1.54, 1.807) is 16.8 Å². The molecule has 2 N–H and O–H groups in total. The molecule has 0 aliphatic carbocycles. The van der Waals surface area contributed by atoms with Crippen molar-refractivity contribution >= 4 is 22.8 Å². The third-order valence-electron chi connectivity index (χ3n) is 5.96. The highest BCUT2D eigenvalue weighted by molar-refractivity contribution is 6.02. The van der Waals surface area contributed by atoms with Crippen molar-refractivity contribution in [3.63, 3.8) is 0 Å². The van der Waals surface area contributed by atoms with E-state index in [0.717, 1.165) is 22.2 Å². The van der Waals surface area contributed by atoms with Crippen molar-refractivity contribution in [1.82, 2.24) is 24.5 Å². The number of H-pyrrole nitrogens is 1. The van der Waals surface area contributed by atoms with Crippen molar-refractivity contribution in [3.05, 3.63) is 64.7 Å². The summed E-state index contributed by atoms with van der Waals surface area (Å²) in [6.07, 6.45) is 2.10. The number of hydrogen-bond donors (Lipinski definition) is 2. The van der Waals surface area contributed by atoms with Gasteiger partial charge < -0.3 is 15.0 Å². The van der Waals surface area contributed by atoms with Gasteiger partial charge >= 0.3 is 6.09 Å². The zero-order valence-electron chi connectivity index (χ0n) is 16.4. The van der Waals surface area contributed by atoms with Gasteiger partial charge in [0.1, 0.15) is 5.65 Å².